The quantitative estimate of drug-likeness (QED) is 0.525. The summed E-state index contributed by atoms with van der Waals surface area (Å²) in [4.78, 5) is 41.9. The number of hydrogen-bond acceptors (Lipinski definition) is 5. The van der Waals surface area contributed by atoms with Crippen molar-refractivity contribution >= 4 is 22.9 Å². The third kappa shape index (κ3) is 2.98. The topological polar surface area (TPSA) is 109 Å². The van der Waals surface area contributed by atoms with E-state index in [9.17, 15) is 14.4 Å². The normalized spacial score (nSPS) is 13.0. The van der Waals surface area contributed by atoms with Crippen molar-refractivity contribution in [3.8, 4) is 5.69 Å². The lowest BCUT2D eigenvalue weighted by Crippen LogP contribution is -2.37. The van der Waals surface area contributed by atoms with Crippen LogP contribution in [0.4, 0.5) is 5.82 Å². The molecule has 0 unspecified atom stereocenters. The minimum absolute atomic E-state index is 0.112. The van der Waals surface area contributed by atoms with E-state index in [2.05, 4.69) is 10.3 Å². The van der Waals surface area contributed by atoms with Gasteiger partial charge in [-0.15, -0.1) is 0 Å². The zero-order chi connectivity index (χ0) is 21.7. The Morgan fingerprint density at radius 2 is 1.87 bits per heavy atom. The van der Waals surface area contributed by atoms with E-state index in [0.717, 1.165) is 40.8 Å². The molecule has 0 spiro atoms. The third-order valence-electron chi connectivity index (χ3n) is 5.70. The first kappa shape index (κ1) is 19.0. The first-order valence-corrected chi connectivity index (χ1v) is 10.0. The molecule has 0 bridgehead atoms. The van der Waals surface area contributed by atoms with Crippen molar-refractivity contribution in [2.75, 3.05) is 5.32 Å². The van der Waals surface area contributed by atoms with Crippen LogP contribution in [0.25, 0.3) is 16.9 Å². The van der Waals surface area contributed by atoms with Gasteiger partial charge in [-0.3, -0.25) is 18.7 Å². The predicted octanol–water partition coefficient (Wildman–Crippen LogP) is 0.747. The molecule has 4 aromatic rings. The lowest BCUT2D eigenvalue weighted by Gasteiger charge is -2.12. The van der Waals surface area contributed by atoms with Gasteiger partial charge >= 0.3 is 5.69 Å². The summed E-state index contributed by atoms with van der Waals surface area (Å²) in [6, 6.07) is 9.64. The molecule has 0 saturated heterocycles. The van der Waals surface area contributed by atoms with E-state index in [1.807, 2.05) is 30.3 Å². The summed E-state index contributed by atoms with van der Waals surface area (Å²) in [5, 5.41) is 7.69. The molecule has 3 aromatic heterocycles. The minimum atomic E-state index is -0.487. The molecule has 10 nitrogen and oxygen atoms in total. The van der Waals surface area contributed by atoms with Crippen molar-refractivity contribution in [1.82, 2.24) is 28.5 Å². The van der Waals surface area contributed by atoms with Crippen molar-refractivity contribution in [3.05, 3.63) is 68.8 Å². The zero-order valence-corrected chi connectivity index (χ0v) is 17.2. The fourth-order valence-corrected chi connectivity index (χ4v) is 4.12. The van der Waals surface area contributed by atoms with Gasteiger partial charge in [0.2, 0.25) is 5.91 Å². The van der Waals surface area contributed by atoms with Gasteiger partial charge in [0.15, 0.2) is 11.2 Å². The predicted molar refractivity (Wildman–Crippen MR) is 114 cm³/mol. The first-order valence-electron chi connectivity index (χ1n) is 10.0. The smallest absolute Gasteiger partial charge is 0.315 e. The molecule has 0 atom stereocenters. The molecule has 0 fully saturated rings. The molecule has 158 valence electrons. The maximum absolute atomic E-state index is 13.0. The highest BCUT2D eigenvalue weighted by atomic mass is 16.2. The Kier molecular flexibility index (Phi) is 4.35. The monoisotopic (exact) mass is 419 g/mol. The number of nitrogens with one attached hydrogen (secondary N) is 1. The van der Waals surface area contributed by atoms with Crippen LogP contribution in [0, 0.1) is 0 Å². The Bertz CT molecular complexity index is 1440. The fraction of sp³-hybridized carbons (Fsp3) is 0.286. The number of amides is 1. The summed E-state index contributed by atoms with van der Waals surface area (Å²) < 4.78 is 5.53. The molecule has 10 heteroatoms. The van der Waals surface area contributed by atoms with E-state index in [4.69, 9.17) is 5.10 Å². The Labute approximate surface area is 176 Å². The molecule has 1 aliphatic rings. The van der Waals surface area contributed by atoms with Crippen LogP contribution in [0.5, 0.6) is 0 Å². The summed E-state index contributed by atoms with van der Waals surface area (Å²) >= 11 is 0. The molecule has 1 aromatic carbocycles. The largest absolute Gasteiger partial charge is 0.332 e. The number of aryl methyl sites for hydroxylation is 2. The number of carbonyl (C=O) groups excluding carboxylic acids is 1. The maximum atomic E-state index is 13.0. The van der Waals surface area contributed by atoms with Gasteiger partial charge in [-0.25, -0.2) is 14.5 Å². The molecule has 1 aliphatic carbocycles. The van der Waals surface area contributed by atoms with Gasteiger partial charge in [-0.05, 0) is 31.4 Å². The third-order valence-corrected chi connectivity index (χ3v) is 5.70. The molecule has 3 heterocycles. The van der Waals surface area contributed by atoms with Gasteiger partial charge < -0.3 is 9.88 Å². The lowest BCUT2D eigenvalue weighted by atomic mass is 10.2. The molecule has 1 amide bonds. The number of carbonyl (C=O) groups is 1. The Morgan fingerprint density at radius 3 is 2.65 bits per heavy atom. The van der Waals surface area contributed by atoms with Gasteiger partial charge in [0, 0.05) is 19.7 Å². The number of rotatable bonds is 4. The second-order valence-electron chi connectivity index (χ2n) is 7.67. The molecule has 0 aliphatic heterocycles. The van der Waals surface area contributed by atoms with Crippen molar-refractivity contribution in [3.63, 3.8) is 0 Å². The molecule has 1 N–H and O–H groups in total. The molecular formula is C21H21N7O3. The summed E-state index contributed by atoms with van der Waals surface area (Å²) in [6.45, 7) is -0.112. The summed E-state index contributed by atoms with van der Waals surface area (Å²) in [6.07, 6.45) is 4.15. The van der Waals surface area contributed by atoms with E-state index < -0.39 is 11.2 Å². The number of aromatic nitrogens is 6. The van der Waals surface area contributed by atoms with Crippen LogP contribution in [-0.4, -0.2) is 34.4 Å². The van der Waals surface area contributed by atoms with Crippen molar-refractivity contribution < 1.29 is 4.79 Å². The Hall–Kier alpha value is -3.95. The highest BCUT2D eigenvalue weighted by Crippen LogP contribution is 2.30. The van der Waals surface area contributed by atoms with Crippen LogP contribution in [0.1, 0.15) is 17.7 Å². The van der Waals surface area contributed by atoms with E-state index in [0.29, 0.717) is 5.82 Å². The van der Waals surface area contributed by atoms with Crippen molar-refractivity contribution in [2.45, 2.75) is 25.8 Å². The minimum Gasteiger partial charge on any atom is -0.315 e. The van der Waals surface area contributed by atoms with Gasteiger partial charge in [0.25, 0.3) is 5.56 Å². The fourth-order valence-electron chi connectivity index (χ4n) is 4.12. The van der Waals surface area contributed by atoms with E-state index in [-0.39, 0.29) is 23.6 Å². The SMILES string of the molecule is Cn1c(=O)c2c(ncn2CC(=O)Nc2c3c(nn2-c2ccccc2)CCC3)n(C)c1=O. The van der Waals surface area contributed by atoms with E-state index in [1.54, 1.807) is 11.7 Å². The second-order valence-corrected chi connectivity index (χ2v) is 7.67. The van der Waals surface area contributed by atoms with Crippen LogP contribution in [0.15, 0.2) is 46.2 Å². The lowest BCUT2D eigenvalue weighted by molar-refractivity contribution is -0.116. The van der Waals surface area contributed by atoms with Crippen LogP contribution in [0.3, 0.4) is 0 Å². The average Bonchev–Trinajstić information content (AvgIpc) is 3.47. The Morgan fingerprint density at radius 1 is 1.10 bits per heavy atom. The number of benzene rings is 1. The number of para-hydroxylation sites is 1. The van der Waals surface area contributed by atoms with Crippen LogP contribution in [-0.2, 0) is 38.3 Å². The van der Waals surface area contributed by atoms with Crippen molar-refractivity contribution in [2.24, 2.45) is 14.1 Å². The van der Waals surface area contributed by atoms with E-state index >= 15 is 0 Å². The highest BCUT2D eigenvalue weighted by Gasteiger charge is 2.25. The molecule has 5 rings (SSSR count). The van der Waals surface area contributed by atoms with E-state index in [1.165, 1.54) is 22.5 Å². The first-order chi connectivity index (χ1) is 15.0. The number of anilines is 1. The van der Waals surface area contributed by atoms with Gasteiger partial charge in [-0.2, -0.15) is 5.10 Å². The number of hydrogen-bond donors (Lipinski definition) is 1. The molecule has 0 saturated carbocycles. The number of imidazole rings is 1. The standard InChI is InChI=1S/C21H21N7O3/c1-25-19-17(20(30)26(2)21(25)31)27(12-22-19)11-16(29)23-18-14-9-6-10-15(14)24-28(18)13-7-4-3-5-8-13/h3-5,7-8,12H,6,9-11H2,1-2H3,(H,23,29). The van der Waals surface area contributed by atoms with Crippen molar-refractivity contribution in [1.29, 1.82) is 0 Å². The van der Waals surface area contributed by atoms with Crippen LogP contribution < -0.4 is 16.6 Å². The summed E-state index contributed by atoms with van der Waals surface area (Å²) in [5.41, 5.74) is 2.41. The zero-order valence-electron chi connectivity index (χ0n) is 17.2. The molecule has 31 heavy (non-hydrogen) atoms. The molecular weight excluding hydrogens is 398 g/mol. The molecule has 0 radical (unpaired) electrons. The highest BCUT2D eigenvalue weighted by molar-refractivity contribution is 5.92. The van der Waals surface area contributed by atoms with Gasteiger partial charge in [-0.1, -0.05) is 18.2 Å². The second kappa shape index (κ2) is 7.08. The summed E-state index contributed by atoms with van der Waals surface area (Å²) in [7, 11) is 2.95. The Balaban J connectivity index is 1.50. The maximum Gasteiger partial charge on any atom is 0.332 e. The van der Waals surface area contributed by atoms with Gasteiger partial charge in [0.1, 0.15) is 12.4 Å². The number of fused-ring (bicyclic) bond motifs is 2. The van der Waals surface area contributed by atoms with Crippen LogP contribution >= 0.6 is 0 Å². The average molecular weight is 419 g/mol. The van der Waals surface area contributed by atoms with Gasteiger partial charge in [0.05, 0.1) is 17.7 Å². The van der Waals surface area contributed by atoms with Crippen LogP contribution in [0.2, 0.25) is 0 Å². The number of nitrogens with zero attached hydrogens (tertiary/aromatic N) is 6. The summed E-state index contributed by atoms with van der Waals surface area (Å²) in [5.74, 6) is 0.357.